The molecule has 0 aromatic heterocycles. The van der Waals surface area contributed by atoms with Gasteiger partial charge in [0.1, 0.15) is 27.3 Å². The molecule has 5 nitrogen and oxygen atoms in total. The van der Waals surface area contributed by atoms with Gasteiger partial charge in [-0.1, -0.05) is 30.0 Å². The number of nitrogens with zero attached hydrogens (tertiary/aromatic N) is 2. The van der Waals surface area contributed by atoms with E-state index in [1.165, 1.54) is 16.8 Å². The number of hydrazone groups is 1. The van der Waals surface area contributed by atoms with Gasteiger partial charge in [0.05, 0.1) is 6.61 Å². The topological polar surface area (TPSA) is 53.9 Å². The Morgan fingerprint density at radius 2 is 2.16 bits per heavy atom. The number of fused-ring (bicyclic) bond motifs is 2. The molecule has 0 saturated carbocycles. The highest BCUT2D eigenvalue weighted by atomic mass is 32.2. The van der Waals surface area contributed by atoms with E-state index in [0.717, 1.165) is 56.1 Å². The lowest BCUT2D eigenvalue weighted by Gasteiger charge is -2.39. The lowest BCUT2D eigenvalue weighted by Crippen LogP contribution is -2.44. The van der Waals surface area contributed by atoms with Crippen LogP contribution in [-0.2, 0) is 9.67 Å². The molecule has 3 heterocycles. The zero-order valence-corrected chi connectivity index (χ0v) is 18.5. The van der Waals surface area contributed by atoms with Crippen molar-refractivity contribution in [1.82, 2.24) is 10.3 Å². The Morgan fingerprint density at radius 3 is 3.00 bits per heavy atom. The number of rotatable bonds is 4. The summed E-state index contributed by atoms with van der Waals surface area (Å²) in [7, 11) is 0. The van der Waals surface area contributed by atoms with Crippen LogP contribution >= 0.6 is 11.8 Å². The molecule has 0 bridgehead atoms. The minimum Gasteiger partial charge on any atom is -0.493 e. The first-order valence-electron chi connectivity index (χ1n) is 11.1. The molecule has 168 valence electrons. The van der Waals surface area contributed by atoms with E-state index < -0.39 is 16.5 Å². The summed E-state index contributed by atoms with van der Waals surface area (Å²) >= 11 is 1.31. The molecule has 1 N–H and O–H groups in total. The average molecular weight is 458 g/mol. The number of carbonyl (C=O) groups excluding carboxylic acids is 1. The molecule has 0 radical (unpaired) electrons. The van der Waals surface area contributed by atoms with Crippen LogP contribution in [0.5, 0.6) is 5.75 Å². The maximum absolute atomic E-state index is 14.6. The summed E-state index contributed by atoms with van der Waals surface area (Å²) in [4.78, 5) is 12.6. The smallest absolute Gasteiger partial charge is 0.244 e. The van der Waals surface area contributed by atoms with E-state index in [-0.39, 0.29) is 11.5 Å². The Morgan fingerprint density at radius 1 is 1.28 bits per heavy atom. The molecule has 1 fully saturated rings. The van der Waals surface area contributed by atoms with Crippen molar-refractivity contribution in [3.8, 4) is 5.75 Å². The standard InChI is InChI=1S/C24H25F2N3O2S/c25-17-8-9-20(26)18(14-17)23-28-29(22(30)10-7-16-4-3-12-27-15-16)24(32-23)11-13-31-21-6-2-1-5-19(21)24/h1-2,5-6,8-9,14,16,27H,3-4,7,10-13,15H2. The van der Waals surface area contributed by atoms with Gasteiger partial charge in [0.15, 0.2) is 0 Å². The molecule has 3 aliphatic rings. The van der Waals surface area contributed by atoms with Crippen molar-refractivity contribution in [2.24, 2.45) is 11.0 Å². The van der Waals surface area contributed by atoms with Crippen LogP contribution in [0.1, 0.15) is 43.2 Å². The molecule has 1 amide bonds. The molecule has 1 spiro atoms. The fourth-order valence-electron chi connectivity index (χ4n) is 4.70. The number of para-hydroxylation sites is 1. The van der Waals surface area contributed by atoms with Crippen LogP contribution in [0.25, 0.3) is 0 Å². The number of hydrogen-bond acceptors (Lipinski definition) is 5. The Hall–Kier alpha value is -2.45. The van der Waals surface area contributed by atoms with E-state index in [1.807, 2.05) is 24.3 Å². The number of halogens is 2. The van der Waals surface area contributed by atoms with Gasteiger partial charge < -0.3 is 10.1 Å². The van der Waals surface area contributed by atoms with Gasteiger partial charge in [-0.25, -0.2) is 13.8 Å². The van der Waals surface area contributed by atoms with E-state index in [9.17, 15) is 13.6 Å². The zero-order chi connectivity index (χ0) is 22.1. The van der Waals surface area contributed by atoms with Gasteiger partial charge in [-0.15, -0.1) is 0 Å². The molecule has 2 atom stereocenters. The number of thioether (sulfide) groups is 1. The van der Waals surface area contributed by atoms with Crippen LogP contribution in [0.3, 0.4) is 0 Å². The van der Waals surface area contributed by atoms with Crippen molar-refractivity contribution in [3.63, 3.8) is 0 Å². The van der Waals surface area contributed by atoms with Crippen LogP contribution in [0, 0.1) is 17.6 Å². The zero-order valence-electron chi connectivity index (χ0n) is 17.7. The normalized spacial score (nSPS) is 24.8. The number of nitrogens with one attached hydrogen (secondary N) is 1. The number of hydrogen-bond donors (Lipinski definition) is 1. The molecule has 5 rings (SSSR count). The third kappa shape index (κ3) is 3.90. The fourth-order valence-corrected chi connectivity index (χ4v) is 6.10. The molecule has 2 aromatic rings. The molecule has 2 unspecified atom stereocenters. The quantitative estimate of drug-likeness (QED) is 0.728. The summed E-state index contributed by atoms with van der Waals surface area (Å²) in [5.41, 5.74) is 0.907. The summed E-state index contributed by atoms with van der Waals surface area (Å²) in [5, 5.41) is 9.79. The van der Waals surface area contributed by atoms with Crippen molar-refractivity contribution >= 4 is 22.7 Å². The summed E-state index contributed by atoms with van der Waals surface area (Å²) in [6, 6.07) is 10.9. The highest BCUT2D eigenvalue weighted by Gasteiger charge is 2.51. The first-order chi connectivity index (χ1) is 15.6. The molecular weight excluding hydrogens is 432 g/mol. The Balaban J connectivity index is 1.50. The summed E-state index contributed by atoms with van der Waals surface area (Å²) in [6.07, 6.45) is 3.88. The molecule has 32 heavy (non-hydrogen) atoms. The summed E-state index contributed by atoms with van der Waals surface area (Å²) in [5.74, 6) is -0.0512. The van der Waals surface area contributed by atoms with E-state index in [2.05, 4.69) is 10.4 Å². The highest BCUT2D eigenvalue weighted by molar-refractivity contribution is 8.15. The second kappa shape index (κ2) is 8.83. The first-order valence-corrected chi connectivity index (χ1v) is 11.9. The van der Waals surface area contributed by atoms with Crippen molar-refractivity contribution in [2.75, 3.05) is 19.7 Å². The SMILES string of the molecule is O=C(CCC1CCCNC1)N1N=C(c2cc(F)ccc2F)SC12CCOc1ccccc12. The van der Waals surface area contributed by atoms with E-state index in [0.29, 0.717) is 36.2 Å². The van der Waals surface area contributed by atoms with Gasteiger partial charge in [0.2, 0.25) is 5.91 Å². The maximum atomic E-state index is 14.6. The van der Waals surface area contributed by atoms with Gasteiger partial charge in [-0.3, -0.25) is 4.79 Å². The molecule has 8 heteroatoms. The molecule has 0 aliphatic carbocycles. The lowest BCUT2D eigenvalue weighted by atomic mass is 9.94. The third-order valence-corrected chi connectivity index (χ3v) is 7.79. The monoisotopic (exact) mass is 457 g/mol. The number of benzene rings is 2. The minimum atomic E-state index is -0.829. The third-order valence-electron chi connectivity index (χ3n) is 6.37. The largest absolute Gasteiger partial charge is 0.493 e. The Kier molecular flexibility index (Phi) is 5.90. The van der Waals surface area contributed by atoms with Gasteiger partial charge in [-0.05, 0) is 62.5 Å². The lowest BCUT2D eigenvalue weighted by molar-refractivity contribution is -0.135. The van der Waals surface area contributed by atoms with Crippen molar-refractivity contribution < 1.29 is 18.3 Å². The van der Waals surface area contributed by atoms with E-state index in [4.69, 9.17) is 4.74 Å². The van der Waals surface area contributed by atoms with Crippen molar-refractivity contribution in [1.29, 1.82) is 0 Å². The maximum Gasteiger partial charge on any atom is 0.244 e. The minimum absolute atomic E-state index is 0.0742. The molecule has 2 aromatic carbocycles. The van der Waals surface area contributed by atoms with E-state index in [1.54, 1.807) is 0 Å². The van der Waals surface area contributed by atoms with Crippen molar-refractivity contribution in [3.05, 3.63) is 65.2 Å². The van der Waals surface area contributed by atoms with Crippen molar-refractivity contribution in [2.45, 2.75) is 37.0 Å². The van der Waals surface area contributed by atoms with Gasteiger partial charge in [0, 0.05) is 24.0 Å². The van der Waals surface area contributed by atoms with Gasteiger partial charge >= 0.3 is 0 Å². The average Bonchev–Trinajstić information content (AvgIpc) is 3.20. The summed E-state index contributed by atoms with van der Waals surface area (Å²) < 4.78 is 34.3. The number of amides is 1. The summed E-state index contributed by atoms with van der Waals surface area (Å²) in [6.45, 7) is 2.36. The van der Waals surface area contributed by atoms with Crippen LogP contribution < -0.4 is 10.1 Å². The number of carbonyl (C=O) groups is 1. The van der Waals surface area contributed by atoms with Crippen LogP contribution in [-0.4, -0.2) is 35.7 Å². The van der Waals surface area contributed by atoms with Crippen LogP contribution in [0.4, 0.5) is 8.78 Å². The fraction of sp³-hybridized carbons (Fsp3) is 0.417. The molecule has 3 aliphatic heterocycles. The second-order valence-corrected chi connectivity index (χ2v) is 9.73. The molecular formula is C24H25F2N3O2S. The van der Waals surface area contributed by atoms with Crippen LogP contribution in [0.15, 0.2) is 47.6 Å². The van der Waals surface area contributed by atoms with Gasteiger partial charge in [0.25, 0.3) is 0 Å². The van der Waals surface area contributed by atoms with E-state index >= 15 is 0 Å². The first kappa shape index (κ1) is 21.4. The number of ether oxygens (including phenoxy) is 1. The Labute approximate surface area is 190 Å². The molecule has 1 saturated heterocycles. The van der Waals surface area contributed by atoms with Crippen LogP contribution in [0.2, 0.25) is 0 Å². The second-order valence-electron chi connectivity index (χ2n) is 8.47. The predicted molar refractivity (Wildman–Crippen MR) is 120 cm³/mol. The Bertz CT molecular complexity index is 1060. The van der Waals surface area contributed by atoms with Gasteiger partial charge in [-0.2, -0.15) is 5.10 Å². The number of piperidine rings is 1. The predicted octanol–water partition coefficient (Wildman–Crippen LogP) is 4.62. The highest BCUT2D eigenvalue weighted by Crippen LogP contribution is 2.54.